The molecule has 0 bridgehead atoms. The Morgan fingerprint density at radius 3 is 1.74 bits per heavy atom. The topological polar surface area (TPSA) is 81.5 Å². The maximum Gasteiger partial charge on any atom is 0.127 e. The summed E-state index contributed by atoms with van der Waals surface area (Å²) in [5.74, 6) is 0.423. The van der Waals surface area contributed by atoms with Gasteiger partial charge in [-0.1, -0.05) is 12.1 Å². The first-order valence-electron chi connectivity index (χ1n) is 8.19. The van der Waals surface area contributed by atoms with E-state index >= 15 is 0 Å². The molecule has 4 rings (SSSR count). The van der Waals surface area contributed by atoms with Gasteiger partial charge >= 0.3 is 0 Å². The molecule has 146 valence electrons. The van der Waals surface area contributed by atoms with Crippen LogP contribution in [0.3, 0.4) is 0 Å². The number of hydrogen-bond acceptors (Lipinski definition) is 6. The molecule has 27 heavy (non-hydrogen) atoms. The number of nitrogens with zero attached hydrogens (tertiary/aromatic N) is 2. The number of hydrogen-bond donors (Lipinski definition) is 1. The van der Waals surface area contributed by atoms with E-state index in [2.05, 4.69) is 57.8 Å². The Hall–Kier alpha value is -0.710. The minimum atomic E-state index is -0.494. The van der Waals surface area contributed by atoms with Crippen molar-refractivity contribution in [1.82, 2.24) is 9.97 Å². The van der Waals surface area contributed by atoms with Gasteiger partial charge in [0.15, 0.2) is 0 Å². The molecule has 0 amide bonds. The Balaban J connectivity index is 0.000000159. The number of aldehydes is 1. The first-order valence-corrected chi connectivity index (χ1v) is 10.6. The summed E-state index contributed by atoms with van der Waals surface area (Å²) in [5.41, 5.74) is 0.711. The molecule has 2 aromatic rings. The van der Waals surface area contributed by atoms with E-state index in [4.69, 9.17) is 9.47 Å². The molecule has 9 heteroatoms. The fourth-order valence-corrected chi connectivity index (χ4v) is 3.27. The number of carbonyl (C=O) groups is 1. The van der Waals surface area contributed by atoms with Gasteiger partial charge in [0.25, 0.3) is 0 Å². The predicted octanol–water partition coefficient (Wildman–Crippen LogP) is 3.96. The van der Waals surface area contributed by atoms with Crippen molar-refractivity contribution in [2.24, 2.45) is 11.8 Å². The van der Waals surface area contributed by atoms with Gasteiger partial charge in [0.05, 0.1) is 38.0 Å². The molecule has 2 aromatic heterocycles. The third-order valence-corrected chi connectivity index (χ3v) is 5.01. The highest BCUT2D eigenvalue weighted by Crippen LogP contribution is 2.27. The van der Waals surface area contributed by atoms with Crippen LogP contribution in [-0.2, 0) is 14.3 Å². The normalized spacial score (nSPS) is 17.2. The van der Waals surface area contributed by atoms with E-state index in [1.54, 1.807) is 0 Å². The third kappa shape index (κ3) is 8.05. The van der Waals surface area contributed by atoms with Gasteiger partial charge in [-0.3, -0.25) is 0 Å². The Labute approximate surface area is 183 Å². The summed E-state index contributed by atoms with van der Waals surface area (Å²) in [6.07, 6.45) is 0.440. The molecule has 0 spiro atoms. The molecule has 1 atom stereocenters. The molecular formula is C18H19Br3N2O4. The summed E-state index contributed by atoms with van der Waals surface area (Å²) < 4.78 is 12.2. The number of rotatable bonds is 3. The lowest BCUT2D eigenvalue weighted by Crippen LogP contribution is -2.33. The van der Waals surface area contributed by atoms with Crippen LogP contribution >= 0.6 is 47.8 Å². The fraction of sp³-hybridized carbons (Fsp3) is 0.389. The lowest BCUT2D eigenvalue weighted by Gasteiger charge is -2.30. The van der Waals surface area contributed by atoms with Crippen molar-refractivity contribution in [1.29, 1.82) is 0 Å². The number of halogens is 3. The van der Waals surface area contributed by atoms with Crippen molar-refractivity contribution in [3.05, 3.63) is 55.9 Å². The Bertz CT molecular complexity index is 710. The SMILES string of the molecule is Brc1cccc(Br)n1.O=CC1COC1.OC(c1cccc(Br)n1)C1COC1. The first kappa shape index (κ1) is 22.6. The lowest BCUT2D eigenvalue weighted by molar-refractivity contribution is -0.123. The van der Waals surface area contributed by atoms with Gasteiger partial charge in [-0.25, -0.2) is 9.97 Å². The second-order valence-corrected chi connectivity index (χ2v) is 8.28. The minimum Gasteiger partial charge on any atom is -0.386 e. The molecule has 0 radical (unpaired) electrons. The number of aliphatic hydroxyl groups excluding tert-OH is 1. The van der Waals surface area contributed by atoms with Crippen LogP contribution in [0.4, 0.5) is 0 Å². The van der Waals surface area contributed by atoms with E-state index in [0.29, 0.717) is 32.1 Å². The van der Waals surface area contributed by atoms with Crippen molar-refractivity contribution in [2.45, 2.75) is 6.10 Å². The highest BCUT2D eigenvalue weighted by Gasteiger charge is 2.28. The molecule has 0 aromatic carbocycles. The first-order chi connectivity index (χ1) is 13.0. The minimum absolute atomic E-state index is 0.210. The zero-order chi connectivity index (χ0) is 19.6. The zero-order valence-electron chi connectivity index (χ0n) is 14.3. The predicted molar refractivity (Wildman–Crippen MR) is 111 cm³/mol. The summed E-state index contributed by atoms with van der Waals surface area (Å²) in [6.45, 7) is 2.55. The van der Waals surface area contributed by atoms with Gasteiger partial charge in [-0.2, -0.15) is 0 Å². The van der Waals surface area contributed by atoms with E-state index in [1.165, 1.54) is 0 Å². The van der Waals surface area contributed by atoms with Crippen LogP contribution in [0.15, 0.2) is 50.2 Å². The van der Waals surface area contributed by atoms with Gasteiger partial charge in [-0.15, -0.1) is 0 Å². The van der Waals surface area contributed by atoms with Gasteiger partial charge in [-0.05, 0) is 72.1 Å². The van der Waals surface area contributed by atoms with Crippen LogP contribution in [0.2, 0.25) is 0 Å². The van der Waals surface area contributed by atoms with Crippen LogP contribution in [0, 0.1) is 11.8 Å². The molecular weight excluding hydrogens is 548 g/mol. The average Bonchev–Trinajstić information content (AvgIpc) is 2.53. The number of pyridine rings is 2. The number of carbonyl (C=O) groups excluding carboxylic acids is 1. The molecule has 2 fully saturated rings. The average molecular weight is 567 g/mol. The molecule has 0 aliphatic carbocycles. The van der Waals surface area contributed by atoms with Gasteiger partial charge in [0.1, 0.15) is 26.2 Å². The van der Waals surface area contributed by atoms with E-state index in [9.17, 15) is 9.90 Å². The second-order valence-electron chi connectivity index (χ2n) is 5.84. The highest BCUT2D eigenvalue weighted by molar-refractivity contribution is 9.11. The van der Waals surface area contributed by atoms with Crippen LogP contribution in [0.25, 0.3) is 0 Å². The maximum atomic E-state index is 9.80. The number of ether oxygens (including phenoxy) is 2. The Kier molecular flexibility index (Phi) is 10.0. The van der Waals surface area contributed by atoms with Crippen LogP contribution in [0.5, 0.6) is 0 Å². The molecule has 2 saturated heterocycles. The zero-order valence-corrected chi connectivity index (χ0v) is 19.1. The number of aliphatic hydroxyl groups is 1. The summed E-state index contributed by atoms with van der Waals surface area (Å²) in [6, 6.07) is 11.2. The van der Waals surface area contributed by atoms with Crippen molar-refractivity contribution >= 4 is 54.1 Å². The summed E-state index contributed by atoms with van der Waals surface area (Å²) >= 11 is 9.71. The van der Waals surface area contributed by atoms with Crippen molar-refractivity contribution in [3.63, 3.8) is 0 Å². The largest absolute Gasteiger partial charge is 0.386 e. The molecule has 2 aliphatic rings. The monoisotopic (exact) mass is 564 g/mol. The van der Waals surface area contributed by atoms with Crippen molar-refractivity contribution in [2.75, 3.05) is 26.4 Å². The fourth-order valence-electron chi connectivity index (χ4n) is 1.98. The van der Waals surface area contributed by atoms with Gasteiger partial charge in [0, 0.05) is 5.92 Å². The molecule has 6 nitrogen and oxygen atoms in total. The van der Waals surface area contributed by atoms with Crippen LogP contribution < -0.4 is 0 Å². The molecule has 1 unspecified atom stereocenters. The van der Waals surface area contributed by atoms with Crippen LogP contribution in [0.1, 0.15) is 11.8 Å². The highest BCUT2D eigenvalue weighted by atomic mass is 79.9. The van der Waals surface area contributed by atoms with Gasteiger partial charge < -0.3 is 19.4 Å². The standard InChI is InChI=1S/C9H10BrNO2.C5H3Br2N.C4H6O2/c10-8-3-1-2-7(11-8)9(12)6-4-13-5-6;6-4-2-1-3-5(7)8-4;5-1-4-2-6-3-4/h1-3,6,9,12H,4-5H2;1-3H;1,4H,2-3H2. The van der Waals surface area contributed by atoms with E-state index in [-0.39, 0.29) is 11.8 Å². The van der Waals surface area contributed by atoms with Gasteiger partial charge in [0.2, 0.25) is 0 Å². The molecule has 2 aliphatic heterocycles. The quantitative estimate of drug-likeness (QED) is 0.447. The molecule has 1 N–H and O–H groups in total. The summed E-state index contributed by atoms with van der Waals surface area (Å²) in [4.78, 5) is 17.9. The summed E-state index contributed by atoms with van der Waals surface area (Å²) in [7, 11) is 0. The van der Waals surface area contributed by atoms with Crippen molar-refractivity contribution in [3.8, 4) is 0 Å². The smallest absolute Gasteiger partial charge is 0.127 e. The Morgan fingerprint density at radius 2 is 1.44 bits per heavy atom. The number of aromatic nitrogens is 2. The third-order valence-electron chi connectivity index (χ3n) is 3.69. The van der Waals surface area contributed by atoms with Crippen molar-refractivity contribution < 1.29 is 19.4 Å². The maximum absolute atomic E-state index is 9.80. The van der Waals surface area contributed by atoms with E-state index in [0.717, 1.165) is 20.1 Å². The molecule has 4 heterocycles. The van der Waals surface area contributed by atoms with E-state index < -0.39 is 6.10 Å². The van der Waals surface area contributed by atoms with E-state index in [1.807, 2.05) is 36.4 Å². The van der Waals surface area contributed by atoms with Crippen LogP contribution in [-0.4, -0.2) is 47.8 Å². The second kappa shape index (κ2) is 12.0. The summed E-state index contributed by atoms with van der Waals surface area (Å²) in [5, 5.41) is 9.80. The molecule has 0 saturated carbocycles. The Morgan fingerprint density at radius 1 is 0.926 bits per heavy atom. The lowest BCUT2D eigenvalue weighted by atomic mass is 9.98.